The minimum Gasteiger partial charge on any atom is -0.351 e. The lowest BCUT2D eigenvalue weighted by atomic mass is 9.99. The molecule has 154 valence electrons. The lowest BCUT2D eigenvalue weighted by Gasteiger charge is -2.30. The lowest BCUT2D eigenvalue weighted by Crippen LogP contribution is -2.31. The molecule has 0 amide bonds. The first-order valence-electron chi connectivity index (χ1n) is 10.1. The molecule has 4 aromatic rings. The van der Waals surface area contributed by atoms with Crippen molar-refractivity contribution in [3.8, 4) is 0 Å². The van der Waals surface area contributed by atoms with Gasteiger partial charge in [-0.05, 0) is 60.7 Å². The van der Waals surface area contributed by atoms with Gasteiger partial charge in [0.15, 0.2) is 0 Å². The van der Waals surface area contributed by atoms with Crippen LogP contribution in [-0.4, -0.2) is 16.1 Å². The number of nitrogens with zero attached hydrogens (tertiary/aromatic N) is 3. The van der Waals surface area contributed by atoms with Crippen LogP contribution < -0.4 is 4.90 Å². The SMILES string of the molecule is Cc1c(C)n(Cc2ccc(Cl)cc2)c2ccnc(N3CCc4ccccc4C3)c12.Cl. The Morgan fingerprint density at radius 1 is 0.967 bits per heavy atom. The topological polar surface area (TPSA) is 21.1 Å². The van der Waals surface area contributed by atoms with Crippen LogP contribution in [0.25, 0.3) is 10.9 Å². The Hall–Kier alpha value is -2.49. The van der Waals surface area contributed by atoms with Gasteiger partial charge in [0, 0.05) is 41.9 Å². The average molecular weight is 438 g/mol. The van der Waals surface area contributed by atoms with Crippen molar-refractivity contribution in [2.24, 2.45) is 0 Å². The third-order valence-corrected chi connectivity index (χ3v) is 6.46. The molecule has 3 heterocycles. The van der Waals surface area contributed by atoms with Gasteiger partial charge in [-0.25, -0.2) is 4.98 Å². The molecular weight excluding hydrogens is 413 g/mol. The van der Waals surface area contributed by atoms with Crippen LogP contribution in [0.3, 0.4) is 0 Å². The fourth-order valence-corrected chi connectivity index (χ4v) is 4.61. The molecule has 0 unspecified atom stereocenters. The van der Waals surface area contributed by atoms with Crippen LogP contribution in [0, 0.1) is 13.8 Å². The van der Waals surface area contributed by atoms with E-state index in [-0.39, 0.29) is 12.4 Å². The smallest absolute Gasteiger partial charge is 0.138 e. The molecular formula is C25H25Cl2N3. The molecule has 1 aliphatic heterocycles. The number of aromatic nitrogens is 2. The average Bonchev–Trinajstić information content (AvgIpc) is 3.00. The number of hydrogen-bond acceptors (Lipinski definition) is 2. The van der Waals surface area contributed by atoms with Gasteiger partial charge in [-0.2, -0.15) is 0 Å². The second-order valence-electron chi connectivity index (χ2n) is 7.89. The van der Waals surface area contributed by atoms with Crippen LogP contribution in [0.1, 0.15) is 27.9 Å². The van der Waals surface area contributed by atoms with Gasteiger partial charge in [-0.15, -0.1) is 12.4 Å². The molecule has 0 saturated heterocycles. The van der Waals surface area contributed by atoms with Crippen molar-refractivity contribution in [1.29, 1.82) is 0 Å². The number of hydrogen-bond donors (Lipinski definition) is 0. The van der Waals surface area contributed by atoms with E-state index < -0.39 is 0 Å². The van der Waals surface area contributed by atoms with E-state index in [1.807, 2.05) is 18.3 Å². The van der Waals surface area contributed by atoms with E-state index in [4.69, 9.17) is 16.6 Å². The Bertz CT molecular complexity index is 1200. The summed E-state index contributed by atoms with van der Waals surface area (Å²) >= 11 is 6.07. The molecule has 30 heavy (non-hydrogen) atoms. The predicted octanol–water partition coefficient (Wildman–Crippen LogP) is 6.34. The molecule has 0 spiro atoms. The van der Waals surface area contributed by atoms with Gasteiger partial charge in [0.25, 0.3) is 0 Å². The van der Waals surface area contributed by atoms with Crippen molar-refractivity contribution in [2.45, 2.75) is 33.4 Å². The second-order valence-corrected chi connectivity index (χ2v) is 8.33. The van der Waals surface area contributed by atoms with Crippen molar-refractivity contribution in [3.05, 3.63) is 93.8 Å². The van der Waals surface area contributed by atoms with Crippen molar-refractivity contribution >= 4 is 40.7 Å². The maximum atomic E-state index is 6.07. The molecule has 0 aliphatic carbocycles. The number of benzene rings is 2. The first-order valence-corrected chi connectivity index (χ1v) is 10.5. The minimum absolute atomic E-state index is 0. The number of pyridine rings is 1. The Balaban J connectivity index is 0.00000218. The van der Waals surface area contributed by atoms with Crippen molar-refractivity contribution in [1.82, 2.24) is 9.55 Å². The van der Waals surface area contributed by atoms with E-state index >= 15 is 0 Å². The third-order valence-electron chi connectivity index (χ3n) is 6.21. The molecule has 0 N–H and O–H groups in total. The molecule has 5 rings (SSSR count). The highest BCUT2D eigenvalue weighted by molar-refractivity contribution is 6.30. The Labute approximate surface area is 188 Å². The normalized spacial score (nSPS) is 13.2. The summed E-state index contributed by atoms with van der Waals surface area (Å²) in [4.78, 5) is 7.27. The minimum atomic E-state index is 0. The molecule has 3 nitrogen and oxygen atoms in total. The highest BCUT2D eigenvalue weighted by Gasteiger charge is 2.22. The maximum absolute atomic E-state index is 6.07. The monoisotopic (exact) mass is 437 g/mol. The fourth-order valence-electron chi connectivity index (χ4n) is 4.48. The van der Waals surface area contributed by atoms with Crippen LogP contribution in [-0.2, 0) is 19.5 Å². The first kappa shape index (κ1) is 20.8. The molecule has 5 heteroatoms. The largest absolute Gasteiger partial charge is 0.351 e. The molecule has 0 atom stereocenters. The second kappa shape index (κ2) is 8.33. The molecule has 1 aliphatic rings. The van der Waals surface area contributed by atoms with Gasteiger partial charge < -0.3 is 9.47 Å². The Morgan fingerprint density at radius 2 is 1.70 bits per heavy atom. The summed E-state index contributed by atoms with van der Waals surface area (Å²) in [7, 11) is 0. The maximum Gasteiger partial charge on any atom is 0.138 e. The summed E-state index contributed by atoms with van der Waals surface area (Å²) in [5.41, 5.74) is 7.98. The standard InChI is InChI=1S/C25H24ClN3.ClH/c1-17-18(2)29(15-19-7-9-22(26)10-8-19)23-11-13-27-25(24(17)23)28-14-12-20-5-3-4-6-21(20)16-28;/h3-11,13H,12,14-16H2,1-2H3;1H. The third kappa shape index (κ3) is 3.57. The number of halogens is 2. The number of rotatable bonds is 3. The van der Waals surface area contributed by atoms with E-state index in [2.05, 4.69) is 65.8 Å². The van der Waals surface area contributed by atoms with Gasteiger partial charge in [0.1, 0.15) is 5.82 Å². The molecule has 0 fully saturated rings. The van der Waals surface area contributed by atoms with Gasteiger partial charge in [-0.1, -0.05) is 48.0 Å². The van der Waals surface area contributed by atoms with Crippen LogP contribution in [0.15, 0.2) is 60.8 Å². The van der Waals surface area contributed by atoms with Gasteiger partial charge in [0.05, 0.1) is 5.52 Å². The van der Waals surface area contributed by atoms with E-state index in [1.54, 1.807) is 0 Å². The summed E-state index contributed by atoms with van der Waals surface area (Å²) in [5, 5.41) is 2.05. The molecule has 0 bridgehead atoms. The number of fused-ring (bicyclic) bond motifs is 2. The van der Waals surface area contributed by atoms with E-state index in [1.165, 1.54) is 38.9 Å². The highest BCUT2D eigenvalue weighted by Crippen LogP contribution is 2.34. The van der Waals surface area contributed by atoms with Crippen LogP contribution >= 0.6 is 24.0 Å². The first-order chi connectivity index (χ1) is 14.1. The van der Waals surface area contributed by atoms with E-state index in [0.717, 1.165) is 36.9 Å². The highest BCUT2D eigenvalue weighted by atomic mass is 35.5. The molecule has 2 aromatic heterocycles. The zero-order valence-corrected chi connectivity index (χ0v) is 18.8. The summed E-state index contributed by atoms with van der Waals surface area (Å²) in [6.07, 6.45) is 3.02. The zero-order chi connectivity index (χ0) is 20.0. The van der Waals surface area contributed by atoms with Gasteiger partial charge in [-0.3, -0.25) is 0 Å². The van der Waals surface area contributed by atoms with E-state index in [9.17, 15) is 0 Å². The summed E-state index contributed by atoms with van der Waals surface area (Å²) in [6, 6.07) is 19.0. The quantitative estimate of drug-likeness (QED) is 0.372. The van der Waals surface area contributed by atoms with Crippen molar-refractivity contribution in [2.75, 3.05) is 11.4 Å². The fraction of sp³-hybridized carbons (Fsp3) is 0.240. The van der Waals surface area contributed by atoms with Crippen LogP contribution in [0.5, 0.6) is 0 Å². The Morgan fingerprint density at radius 3 is 2.47 bits per heavy atom. The van der Waals surface area contributed by atoms with E-state index in [0.29, 0.717) is 0 Å². The number of aryl methyl sites for hydroxylation is 1. The molecule has 0 saturated carbocycles. The molecule has 2 aromatic carbocycles. The summed E-state index contributed by atoms with van der Waals surface area (Å²) < 4.78 is 2.40. The Kier molecular flexibility index (Phi) is 5.77. The van der Waals surface area contributed by atoms with Gasteiger partial charge in [0.2, 0.25) is 0 Å². The lowest BCUT2D eigenvalue weighted by molar-refractivity contribution is 0.724. The molecule has 0 radical (unpaired) electrons. The summed E-state index contributed by atoms with van der Waals surface area (Å²) in [5.74, 6) is 1.10. The number of anilines is 1. The van der Waals surface area contributed by atoms with Crippen molar-refractivity contribution < 1.29 is 0 Å². The van der Waals surface area contributed by atoms with Gasteiger partial charge >= 0.3 is 0 Å². The summed E-state index contributed by atoms with van der Waals surface area (Å²) in [6.45, 7) is 7.19. The van der Waals surface area contributed by atoms with Crippen molar-refractivity contribution in [3.63, 3.8) is 0 Å². The zero-order valence-electron chi connectivity index (χ0n) is 17.2. The van der Waals surface area contributed by atoms with Crippen LogP contribution in [0.4, 0.5) is 5.82 Å². The predicted molar refractivity (Wildman–Crippen MR) is 128 cm³/mol. The van der Waals surface area contributed by atoms with Crippen LogP contribution in [0.2, 0.25) is 5.02 Å².